The van der Waals surface area contributed by atoms with E-state index in [1.165, 1.54) is 5.56 Å². The fraction of sp³-hybridized carbons (Fsp3) is 0.235. The maximum atomic E-state index is 11.7. The van der Waals surface area contributed by atoms with E-state index in [-0.39, 0.29) is 5.91 Å². The first-order chi connectivity index (χ1) is 10.1. The van der Waals surface area contributed by atoms with Gasteiger partial charge in [-0.2, -0.15) is 0 Å². The number of hydrogen-bond donors (Lipinski definition) is 2. The van der Waals surface area contributed by atoms with E-state index in [0.29, 0.717) is 23.5 Å². The highest BCUT2D eigenvalue weighted by Crippen LogP contribution is 2.28. The van der Waals surface area contributed by atoms with Crippen LogP contribution in [0.25, 0.3) is 0 Å². The first kappa shape index (κ1) is 14.9. The molecule has 0 radical (unpaired) electrons. The third-order valence-electron chi connectivity index (χ3n) is 3.17. The van der Waals surface area contributed by atoms with Crippen LogP contribution in [-0.2, 0) is 6.42 Å². The highest BCUT2D eigenvalue weighted by Gasteiger charge is 2.08. The Morgan fingerprint density at radius 2 is 1.86 bits per heavy atom. The molecule has 0 fully saturated rings. The van der Waals surface area contributed by atoms with Gasteiger partial charge in [0.2, 0.25) is 0 Å². The molecule has 21 heavy (non-hydrogen) atoms. The lowest BCUT2D eigenvalue weighted by Crippen LogP contribution is -2.22. The monoisotopic (exact) mass is 284 g/mol. The van der Waals surface area contributed by atoms with E-state index in [4.69, 9.17) is 10.5 Å². The summed E-state index contributed by atoms with van der Waals surface area (Å²) in [6.45, 7) is 4.56. The van der Waals surface area contributed by atoms with Crippen LogP contribution in [0.5, 0.6) is 11.5 Å². The molecule has 0 aliphatic heterocycles. The fourth-order valence-electron chi connectivity index (χ4n) is 1.97. The third-order valence-corrected chi connectivity index (χ3v) is 3.17. The number of anilines is 1. The van der Waals surface area contributed by atoms with Gasteiger partial charge in [-0.1, -0.05) is 19.1 Å². The van der Waals surface area contributed by atoms with Crippen molar-refractivity contribution in [3.8, 4) is 11.5 Å². The summed E-state index contributed by atoms with van der Waals surface area (Å²) in [5.74, 6) is 1.14. The van der Waals surface area contributed by atoms with E-state index < -0.39 is 0 Å². The Labute approximate surface area is 124 Å². The molecule has 0 spiro atoms. The zero-order chi connectivity index (χ0) is 15.2. The number of carbonyl (C=O) groups excluding carboxylic acids is 1. The summed E-state index contributed by atoms with van der Waals surface area (Å²) in [7, 11) is 0. The molecule has 2 rings (SSSR count). The number of amides is 1. The van der Waals surface area contributed by atoms with E-state index >= 15 is 0 Å². The molecule has 0 saturated heterocycles. The summed E-state index contributed by atoms with van der Waals surface area (Å²) in [5, 5.41) is 2.74. The summed E-state index contributed by atoms with van der Waals surface area (Å²) >= 11 is 0. The normalized spacial score (nSPS) is 10.2. The van der Waals surface area contributed by atoms with Gasteiger partial charge in [0.1, 0.15) is 11.5 Å². The molecule has 1 amide bonds. The van der Waals surface area contributed by atoms with Crippen molar-refractivity contribution in [2.24, 2.45) is 0 Å². The molecule has 0 heterocycles. The van der Waals surface area contributed by atoms with E-state index in [9.17, 15) is 4.79 Å². The van der Waals surface area contributed by atoms with Gasteiger partial charge < -0.3 is 15.8 Å². The van der Waals surface area contributed by atoms with E-state index in [1.54, 1.807) is 18.2 Å². The fourth-order valence-corrected chi connectivity index (χ4v) is 1.97. The zero-order valence-electron chi connectivity index (χ0n) is 12.3. The number of ether oxygens (including phenoxy) is 1. The maximum absolute atomic E-state index is 11.7. The third kappa shape index (κ3) is 3.75. The number of nitrogens with one attached hydrogen (secondary N) is 1. The van der Waals surface area contributed by atoms with Gasteiger partial charge >= 0.3 is 0 Å². The number of nitrogen functional groups attached to an aromatic ring is 1. The SMILES string of the molecule is CCNC(=O)c1ccc(Oc2ccc(CC)cc2)c(N)c1. The van der Waals surface area contributed by atoms with Crippen LogP contribution >= 0.6 is 0 Å². The van der Waals surface area contributed by atoms with Crippen molar-refractivity contribution in [2.75, 3.05) is 12.3 Å². The summed E-state index contributed by atoms with van der Waals surface area (Å²) in [6.07, 6.45) is 0.990. The number of hydrogen-bond acceptors (Lipinski definition) is 3. The van der Waals surface area contributed by atoms with Crippen LogP contribution in [0.1, 0.15) is 29.8 Å². The molecule has 0 unspecified atom stereocenters. The molecular formula is C17H20N2O2. The van der Waals surface area contributed by atoms with Crippen LogP contribution in [0, 0.1) is 0 Å². The molecular weight excluding hydrogens is 264 g/mol. The summed E-state index contributed by atoms with van der Waals surface area (Å²) in [4.78, 5) is 11.7. The van der Waals surface area contributed by atoms with Crippen molar-refractivity contribution in [3.63, 3.8) is 0 Å². The Balaban J connectivity index is 2.15. The van der Waals surface area contributed by atoms with Crippen LogP contribution in [0.3, 0.4) is 0 Å². The van der Waals surface area contributed by atoms with Crippen molar-refractivity contribution < 1.29 is 9.53 Å². The van der Waals surface area contributed by atoms with Crippen LogP contribution in [0.15, 0.2) is 42.5 Å². The lowest BCUT2D eigenvalue weighted by atomic mass is 10.1. The van der Waals surface area contributed by atoms with Crippen molar-refractivity contribution in [1.82, 2.24) is 5.32 Å². The second-order valence-corrected chi connectivity index (χ2v) is 4.71. The van der Waals surface area contributed by atoms with E-state index in [0.717, 1.165) is 12.2 Å². The largest absolute Gasteiger partial charge is 0.455 e. The first-order valence-corrected chi connectivity index (χ1v) is 7.08. The van der Waals surface area contributed by atoms with Gasteiger partial charge in [-0.15, -0.1) is 0 Å². The minimum Gasteiger partial charge on any atom is -0.455 e. The zero-order valence-corrected chi connectivity index (χ0v) is 12.3. The Hall–Kier alpha value is -2.49. The second kappa shape index (κ2) is 6.79. The molecule has 0 atom stereocenters. The predicted molar refractivity (Wildman–Crippen MR) is 84.8 cm³/mol. The highest BCUT2D eigenvalue weighted by atomic mass is 16.5. The summed E-state index contributed by atoms with van der Waals surface area (Å²) in [6, 6.07) is 12.9. The van der Waals surface area contributed by atoms with Gasteiger partial charge in [-0.05, 0) is 49.2 Å². The van der Waals surface area contributed by atoms with Gasteiger partial charge in [0.15, 0.2) is 0 Å². The second-order valence-electron chi connectivity index (χ2n) is 4.71. The van der Waals surface area contributed by atoms with Gasteiger partial charge in [-0.3, -0.25) is 4.79 Å². The molecule has 4 heteroatoms. The number of benzene rings is 2. The lowest BCUT2D eigenvalue weighted by molar-refractivity contribution is 0.0956. The molecule has 0 aliphatic rings. The summed E-state index contributed by atoms with van der Waals surface area (Å²) < 4.78 is 5.75. The molecule has 0 aliphatic carbocycles. The van der Waals surface area contributed by atoms with Crippen LogP contribution in [-0.4, -0.2) is 12.5 Å². The molecule has 0 bridgehead atoms. The minimum absolute atomic E-state index is 0.136. The van der Waals surface area contributed by atoms with Crippen LogP contribution < -0.4 is 15.8 Å². The van der Waals surface area contributed by atoms with Crippen molar-refractivity contribution >= 4 is 11.6 Å². The van der Waals surface area contributed by atoms with Gasteiger partial charge in [-0.25, -0.2) is 0 Å². The van der Waals surface area contributed by atoms with Gasteiger partial charge in [0, 0.05) is 12.1 Å². The Kier molecular flexibility index (Phi) is 4.82. The quantitative estimate of drug-likeness (QED) is 0.827. The maximum Gasteiger partial charge on any atom is 0.251 e. The number of nitrogens with two attached hydrogens (primary N) is 1. The van der Waals surface area contributed by atoms with Crippen molar-refractivity contribution in [1.29, 1.82) is 0 Å². The molecule has 2 aromatic carbocycles. The van der Waals surface area contributed by atoms with Crippen molar-refractivity contribution in [2.45, 2.75) is 20.3 Å². The average molecular weight is 284 g/mol. The van der Waals surface area contributed by atoms with Crippen LogP contribution in [0.4, 0.5) is 5.69 Å². The Morgan fingerprint density at radius 1 is 1.14 bits per heavy atom. The predicted octanol–water partition coefficient (Wildman–Crippen LogP) is 3.37. The molecule has 3 N–H and O–H groups in total. The standard InChI is InChI=1S/C17H20N2O2/c1-3-12-5-8-14(9-6-12)21-16-10-7-13(11-15(16)18)17(20)19-4-2/h5-11H,3-4,18H2,1-2H3,(H,19,20). The molecule has 0 saturated carbocycles. The lowest BCUT2D eigenvalue weighted by Gasteiger charge is -2.10. The number of aryl methyl sites for hydroxylation is 1. The van der Waals surface area contributed by atoms with E-state index in [2.05, 4.69) is 12.2 Å². The van der Waals surface area contributed by atoms with E-state index in [1.807, 2.05) is 31.2 Å². The first-order valence-electron chi connectivity index (χ1n) is 7.08. The van der Waals surface area contributed by atoms with Crippen molar-refractivity contribution in [3.05, 3.63) is 53.6 Å². The minimum atomic E-state index is -0.136. The molecule has 110 valence electrons. The summed E-state index contributed by atoms with van der Waals surface area (Å²) in [5.41, 5.74) is 8.18. The number of carbonyl (C=O) groups is 1. The topological polar surface area (TPSA) is 64.3 Å². The Bertz CT molecular complexity index is 621. The molecule has 4 nitrogen and oxygen atoms in total. The van der Waals surface area contributed by atoms with Gasteiger partial charge in [0.05, 0.1) is 5.69 Å². The van der Waals surface area contributed by atoms with Crippen LogP contribution in [0.2, 0.25) is 0 Å². The van der Waals surface area contributed by atoms with Gasteiger partial charge in [0.25, 0.3) is 5.91 Å². The molecule has 2 aromatic rings. The number of rotatable bonds is 5. The smallest absolute Gasteiger partial charge is 0.251 e. The Morgan fingerprint density at radius 3 is 2.43 bits per heavy atom. The average Bonchev–Trinajstić information content (AvgIpc) is 2.50. The highest BCUT2D eigenvalue weighted by molar-refractivity contribution is 5.95. The molecule has 0 aromatic heterocycles.